The van der Waals surface area contributed by atoms with Gasteiger partial charge in [0.1, 0.15) is 11.5 Å². The Morgan fingerprint density at radius 1 is 1.35 bits per heavy atom. The number of nitrogens with zero attached hydrogens (tertiary/aromatic N) is 2. The molecule has 0 aliphatic heterocycles. The molecule has 1 N–H and O–H groups in total. The van der Waals surface area contributed by atoms with Crippen molar-refractivity contribution < 1.29 is 9.18 Å². The molecular weight excluding hydrogens is 353 g/mol. The van der Waals surface area contributed by atoms with Crippen molar-refractivity contribution in [3.63, 3.8) is 0 Å². The van der Waals surface area contributed by atoms with Crippen molar-refractivity contribution >= 4 is 28.5 Å². The van der Waals surface area contributed by atoms with Crippen molar-refractivity contribution in [2.24, 2.45) is 5.92 Å². The second-order valence-corrected chi connectivity index (χ2v) is 7.12. The molecule has 3 rings (SSSR count). The number of carbonyl (C=O) groups is 1. The molecule has 0 bridgehead atoms. The molecule has 2 aromatic heterocycles. The Morgan fingerprint density at radius 2 is 2.15 bits per heavy atom. The number of rotatable bonds is 6. The van der Waals surface area contributed by atoms with Gasteiger partial charge in [-0.05, 0) is 48.2 Å². The van der Waals surface area contributed by atoms with Gasteiger partial charge in [-0.25, -0.2) is 9.37 Å². The van der Waals surface area contributed by atoms with Crippen molar-refractivity contribution in [2.45, 2.75) is 26.8 Å². The number of fused-ring (bicyclic) bond motifs is 1. The second-order valence-electron chi connectivity index (χ2n) is 6.71. The lowest BCUT2D eigenvalue weighted by molar-refractivity contribution is 0.0954. The third-order valence-corrected chi connectivity index (χ3v) is 4.43. The summed E-state index contributed by atoms with van der Waals surface area (Å²) in [6.45, 7) is 5.71. The van der Waals surface area contributed by atoms with E-state index in [1.807, 2.05) is 6.07 Å². The number of hydrogen-bond donors (Lipinski definition) is 1. The number of benzene rings is 1. The van der Waals surface area contributed by atoms with Gasteiger partial charge in [0.25, 0.3) is 5.91 Å². The highest BCUT2D eigenvalue weighted by Gasteiger charge is 2.12. The van der Waals surface area contributed by atoms with E-state index >= 15 is 0 Å². The molecule has 0 aliphatic rings. The maximum absolute atomic E-state index is 13.2. The number of pyridine rings is 1. The largest absolute Gasteiger partial charge is 0.352 e. The Morgan fingerprint density at radius 3 is 2.88 bits per heavy atom. The summed E-state index contributed by atoms with van der Waals surface area (Å²) >= 11 is 5.73. The van der Waals surface area contributed by atoms with E-state index in [9.17, 15) is 9.18 Å². The van der Waals surface area contributed by atoms with Crippen LogP contribution in [0.15, 0.2) is 42.7 Å². The molecule has 3 aromatic rings. The zero-order valence-corrected chi connectivity index (χ0v) is 15.6. The number of aromatic nitrogens is 2. The molecule has 0 fully saturated rings. The first-order valence-corrected chi connectivity index (χ1v) is 8.99. The molecule has 6 heteroatoms. The van der Waals surface area contributed by atoms with Crippen LogP contribution in [-0.4, -0.2) is 22.0 Å². The monoisotopic (exact) mass is 373 g/mol. The molecule has 26 heavy (non-hydrogen) atoms. The van der Waals surface area contributed by atoms with Crippen LogP contribution >= 0.6 is 11.6 Å². The Bertz CT molecular complexity index is 936. The van der Waals surface area contributed by atoms with Gasteiger partial charge in [0.2, 0.25) is 0 Å². The summed E-state index contributed by atoms with van der Waals surface area (Å²) in [6.07, 6.45) is 4.59. The fraction of sp³-hybridized carbons (Fsp3) is 0.300. The van der Waals surface area contributed by atoms with E-state index in [2.05, 4.69) is 41.0 Å². The van der Waals surface area contributed by atoms with Crippen LogP contribution in [0.4, 0.5) is 4.39 Å². The molecule has 136 valence electrons. The predicted molar refractivity (Wildman–Crippen MR) is 102 cm³/mol. The van der Waals surface area contributed by atoms with Crippen molar-refractivity contribution in [1.29, 1.82) is 0 Å². The van der Waals surface area contributed by atoms with E-state index < -0.39 is 5.82 Å². The summed E-state index contributed by atoms with van der Waals surface area (Å²) in [7, 11) is 0. The number of hydrogen-bond acceptors (Lipinski definition) is 2. The second kappa shape index (κ2) is 7.87. The van der Waals surface area contributed by atoms with E-state index in [-0.39, 0.29) is 10.9 Å². The first kappa shape index (κ1) is 18.4. The van der Waals surface area contributed by atoms with Crippen molar-refractivity contribution in [1.82, 2.24) is 14.9 Å². The van der Waals surface area contributed by atoms with Gasteiger partial charge < -0.3 is 9.88 Å². The summed E-state index contributed by atoms with van der Waals surface area (Å²) in [6, 6.07) is 7.93. The lowest BCUT2D eigenvalue weighted by Crippen LogP contribution is -2.25. The average Bonchev–Trinajstić information content (AvgIpc) is 2.94. The van der Waals surface area contributed by atoms with Crippen molar-refractivity contribution in [3.05, 3.63) is 64.7 Å². The molecule has 0 atom stereocenters. The predicted octanol–water partition coefficient (Wildman–Crippen LogP) is 4.46. The number of halogens is 2. The molecular formula is C20H21ClFN3O. The lowest BCUT2D eigenvalue weighted by atomic mass is 10.1. The molecule has 0 unspecified atom stereocenters. The third kappa shape index (κ3) is 4.05. The Hall–Kier alpha value is -2.40. The topological polar surface area (TPSA) is 46.9 Å². The van der Waals surface area contributed by atoms with Gasteiger partial charge in [-0.1, -0.05) is 25.4 Å². The van der Waals surface area contributed by atoms with E-state index in [0.29, 0.717) is 24.4 Å². The number of carbonyl (C=O) groups excluding carboxylic acids is 1. The van der Waals surface area contributed by atoms with Crippen LogP contribution in [0.3, 0.4) is 0 Å². The first-order chi connectivity index (χ1) is 12.5. The van der Waals surface area contributed by atoms with E-state index in [4.69, 9.17) is 11.6 Å². The highest BCUT2D eigenvalue weighted by Crippen LogP contribution is 2.21. The number of nitrogens with one attached hydrogen (secondary N) is 1. The van der Waals surface area contributed by atoms with Crippen molar-refractivity contribution in [2.75, 3.05) is 6.54 Å². The standard InChI is InChI=1S/C20H21ClFN3O/c1-13(2)11-25-12-15(16-4-3-8-23-19(16)25)7-9-24-20(26)14-5-6-18(22)17(21)10-14/h3-6,8,10,12-13H,7,9,11H2,1-2H3,(H,24,26). The summed E-state index contributed by atoms with van der Waals surface area (Å²) in [4.78, 5) is 16.7. The Labute approximate surface area is 157 Å². The third-order valence-electron chi connectivity index (χ3n) is 4.14. The summed E-state index contributed by atoms with van der Waals surface area (Å²) in [5.41, 5.74) is 2.46. The van der Waals surface area contributed by atoms with Gasteiger partial charge in [0, 0.05) is 36.4 Å². The normalized spacial score (nSPS) is 11.3. The van der Waals surface area contributed by atoms with Gasteiger partial charge in [-0.3, -0.25) is 4.79 Å². The average molecular weight is 374 g/mol. The maximum atomic E-state index is 13.2. The van der Waals surface area contributed by atoms with Crippen LogP contribution in [0.1, 0.15) is 29.8 Å². The summed E-state index contributed by atoms with van der Waals surface area (Å²) < 4.78 is 15.4. The fourth-order valence-electron chi connectivity index (χ4n) is 2.98. The van der Waals surface area contributed by atoms with Crippen LogP contribution in [0, 0.1) is 11.7 Å². The lowest BCUT2D eigenvalue weighted by Gasteiger charge is -2.07. The maximum Gasteiger partial charge on any atom is 0.251 e. The quantitative estimate of drug-likeness (QED) is 0.693. The van der Waals surface area contributed by atoms with Gasteiger partial charge >= 0.3 is 0 Å². The summed E-state index contributed by atoms with van der Waals surface area (Å²) in [5, 5.41) is 3.91. The van der Waals surface area contributed by atoms with Crippen LogP contribution in [0.5, 0.6) is 0 Å². The summed E-state index contributed by atoms with van der Waals surface area (Å²) in [5.74, 6) is -0.284. The van der Waals surface area contributed by atoms with Crippen LogP contribution in [0.25, 0.3) is 11.0 Å². The molecule has 0 spiro atoms. The van der Waals surface area contributed by atoms with Crippen LogP contribution in [-0.2, 0) is 13.0 Å². The zero-order valence-electron chi connectivity index (χ0n) is 14.8. The van der Waals surface area contributed by atoms with Gasteiger partial charge in [-0.2, -0.15) is 0 Å². The molecule has 4 nitrogen and oxygen atoms in total. The van der Waals surface area contributed by atoms with E-state index in [1.54, 1.807) is 6.20 Å². The molecule has 0 aliphatic carbocycles. The Kier molecular flexibility index (Phi) is 5.57. The van der Waals surface area contributed by atoms with Crippen LogP contribution in [0.2, 0.25) is 5.02 Å². The van der Waals surface area contributed by atoms with Gasteiger partial charge in [-0.15, -0.1) is 0 Å². The highest BCUT2D eigenvalue weighted by atomic mass is 35.5. The SMILES string of the molecule is CC(C)Cn1cc(CCNC(=O)c2ccc(F)c(Cl)c2)c2cccnc21. The Balaban J connectivity index is 1.69. The molecule has 1 amide bonds. The number of amides is 1. The highest BCUT2D eigenvalue weighted by molar-refractivity contribution is 6.31. The molecule has 0 saturated heterocycles. The molecule has 1 aromatic carbocycles. The smallest absolute Gasteiger partial charge is 0.251 e. The molecule has 0 radical (unpaired) electrons. The van der Waals surface area contributed by atoms with Gasteiger partial charge in [0.15, 0.2) is 0 Å². The van der Waals surface area contributed by atoms with E-state index in [1.165, 1.54) is 18.2 Å². The zero-order chi connectivity index (χ0) is 18.7. The first-order valence-electron chi connectivity index (χ1n) is 8.61. The minimum Gasteiger partial charge on any atom is -0.352 e. The molecule has 0 saturated carbocycles. The fourth-order valence-corrected chi connectivity index (χ4v) is 3.16. The minimum atomic E-state index is -0.534. The van der Waals surface area contributed by atoms with Crippen LogP contribution < -0.4 is 5.32 Å². The minimum absolute atomic E-state index is 0.0551. The molecule has 2 heterocycles. The van der Waals surface area contributed by atoms with Crippen molar-refractivity contribution in [3.8, 4) is 0 Å². The van der Waals surface area contributed by atoms with Gasteiger partial charge in [0.05, 0.1) is 5.02 Å². The van der Waals surface area contributed by atoms with E-state index in [0.717, 1.165) is 23.1 Å².